The van der Waals surface area contributed by atoms with Crippen LogP contribution in [0.3, 0.4) is 0 Å². The first-order valence-electron chi connectivity index (χ1n) is 10.0. The fourth-order valence-corrected chi connectivity index (χ4v) is 4.70. The van der Waals surface area contributed by atoms with Crippen molar-refractivity contribution >= 4 is 15.9 Å². The predicted molar refractivity (Wildman–Crippen MR) is 120 cm³/mol. The molecule has 0 saturated heterocycles. The molecule has 1 amide bonds. The molecule has 168 valence electrons. The highest BCUT2D eigenvalue weighted by Gasteiger charge is 2.27. The van der Waals surface area contributed by atoms with Crippen molar-refractivity contribution in [3.8, 4) is 5.75 Å². The van der Waals surface area contributed by atoms with E-state index in [1.807, 2.05) is 24.3 Å². The molecule has 0 saturated carbocycles. The number of hydrogen-bond donors (Lipinski definition) is 1. The van der Waals surface area contributed by atoms with Crippen molar-refractivity contribution in [3.63, 3.8) is 0 Å². The zero-order valence-corrected chi connectivity index (χ0v) is 18.7. The molecule has 3 aromatic carbocycles. The minimum atomic E-state index is -4.04. The number of amides is 1. The van der Waals surface area contributed by atoms with Crippen LogP contribution in [0.2, 0.25) is 0 Å². The van der Waals surface area contributed by atoms with Crippen LogP contribution < -0.4 is 10.1 Å². The summed E-state index contributed by atoms with van der Waals surface area (Å²) in [5, 5.41) is 2.83. The van der Waals surface area contributed by atoms with Crippen molar-refractivity contribution in [2.45, 2.75) is 24.4 Å². The Kier molecular flexibility index (Phi) is 7.61. The lowest BCUT2D eigenvalue weighted by atomic mass is 10.1. The molecule has 1 atom stereocenters. The zero-order chi connectivity index (χ0) is 23.1. The average Bonchev–Trinajstić information content (AvgIpc) is 2.79. The van der Waals surface area contributed by atoms with Crippen molar-refractivity contribution in [2.75, 3.05) is 13.7 Å². The number of para-hydroxylation sites is 1. The lowest BCUT2D eigenvalue weighted by Gasteiger charge is -2.24. The maximum atomic E-state index is 13.3. The third kappa shape index (κ3) is 5.72. The van der Waals surface area contributed by atoms with E-state index in [1.165, 1.54) is 12.1 Å². The van der Waals surface area contributed by atoms with Gasteiger partial charge in [0.25, 0.3) is 0 Å². The summed E-state index contributed by atoms with van der Waals surface area (Å²) in [7, 11) is -2.50. The molecule has 3 aromatic rings. The highest BCUT2D eigenvalue weighted by molar-refractivity contribution is 7.89. The summed E-state index contributed by atoms with van der Waals surface area (Å²) in [6.45, 7) is 1.40. The second-order valence-corrected chi connectivity index (χ2v) is 9.18. The third-order valence-electron chi connectivity index (χ3n) is 4.96. The minimum Gasteiger partial charge on any atom is -0.496 e. The number of rotatable bonds is 9. The number of halogens is 1. The monoisotopic (exact) mass is 456 g/mol. The number of nitrogens with one attached hydrogen (secondary N) is 1. The van der Waals surface area contributed by atoms with Crippen LogP contribution >= 0.6 is 0 Å². The standard InChI is InChI=1S/C24H25FN2O4S/c1-18(22-10-6-7-11-23(22)31-2)26-24(28)17-27(16-19-8-4-3-5-9-19)32(29,30)21-14-12-20(25)13-15-21/h3-15,18H,16-17H2,1-2H3,(H,26,28)/t18-/m1/s1. The Hall–Kier alpha value is -3.23. The highest BCUT2D eigenvalue weighted by Crippen LogP contribution is 2.24. The van der Waals surface area contributed by atoms with Gasteiger partial charge in [0.1, 0.15) is 11.6 Å². The van der Waals surface area contributed by atoms with Gasteiger partial charge in [-0.2, -0.15) is 4.31 Å². The zero-order valence-electron chi connectivity index (χ0n) is 17.9. The first kappa shape index (κ1) is 23.4. The molecule has 0 aliphatic heterocycles. The van der Waals surface area contributed by atoms with Gasteiger partial charge in [-0.15, -0.1) is 0 Å². The highest BCUT2D eigenvalue weighted by atomic mass is 32.2. The quantitative estimate of drug-likeness (QED) is 0.530. The summed E-state index contributed by atoms with van der Waals surface area (Å²) in [5.41, 5.74) is 1.50. The number of nitrogens with zero attached hydrogens (tertiary/aromatic N) is 1. The SMILES string of the molecule is COc1ccccc1[C@@H](C)NC(=O)CN(Cc1ccccc1)S(=O)(=O)c1ccc(F)cc1. The Morgan fingerprint density at radius 2 is 1.62 bits per heavy atom. The van der Waals surface area contributed by atoms with E-state index in [1.54, 1.807) is 44.4 Å². The van der Waals surface area contributed by atoms with Gasteiger partial charge in [-0.25, -0.2) is 12.8 Å². The Balaban J connectivity index is 1.83. The molecule has 0 heterocycles. The van der Waals surface area contributed by atoms with Crippen LogP contribution in [0.25, 0.3) is 0 Å². The molecule has 8 heteroatoms. The number of carbonyl (C=O) groups excluding carboxylic acids is 1. The molecule has 32 heavy (non-hydrogen) atoms. The van der Waals surface area contributed by atoms with Gasteiger partial charge in [0.05, 0.1) is 24.6 Å². The van der Waals surface area contributed by atoms with E-state index in [2.05, 4.69) is 5.32 Å². The van der Waals surface area contributed by atoms with Crippen molar-refractivity contribution in [2.24, 2.45) is 0 Å². The van der Waals surface area contributed by atoms with Crippen molar-refractivity contribution in [3.05, 3.63) is 95.8 Å². The van der Waals surface area contributed by atoms with E-state index in [9.17, 15) is 17.6 Å². The van der Waals surface area contributed by atoms with Gasteiger partial charge in [0.2, 0.25) is 15.9 Å². The Morgan fingerprint density at radius 1 is 1.00 bits per heavy atom. The van der Waals surface area contributed by atoms with Gasteiger partial charge in [0, 0.05) is 12.1 Å². The first-order valence-corrected chi connectivity index (χ1v) is 11.5. The summed E-state index contributed by atoms with van der Waals surface area (Å²) < 4.78 is 46.2. The van der Waals surface area contributed by atoms with E-state index in [0.717, 1.165) is 27.6 Å². The molecule has 0 aromatic heterocycles. The summed E-state index contributed by atoms with van der Waals surface area (Å²) in [5.74, 6) is -0.382. The van der Waals surface area contributed by atoms with Gasteiger partial charge >= 0.3 is 0 Å². The molecule has 0 radical (unpaired) electrons. The molecular weight excluding hydrogens is 431 g/mol. The topological polar surface area (TPSA) is 75.7 Å². The molecule has 0 aliphatic carbocycles. The maximum absolute atomic E-state index is 13.3. The fourth-order valence-electron chi connectivity index (χ4n) is 3.32. The number of carbonyl (C=O) groups is 1. The van der Waals surface area contributed by atoms with Gasteiger partial charge in [-0.1, -0.05) is 48.5 Å². The number of methoxy groups -OCH3 is 1. The van der Waals surface area contributed by atoms with Crippen LogP contribution in [0.15, 0.2) is 83.8 Å². The van der Waals surface area contributed by atoms with Gasteiger partial charge in [-0.05, 0) is 42.8 Å². The number of benzene rings is 3. The smallest absolute Gasteiger partial charge is 0.243 e. The lowest BCUT2D eigenvalue weighted by molar-refractivity contribution is -0.122. The Labute approximate surface area is 187 Å². The van der Waals surface area contributed by atoms with Crippen LogP contribution in [0.5, 0.6) is 5.75 Å². The Bertz CT molecular complexity index is 1150. The number of hydrogen-bond acceptors (Lipinski definition) is 4. The van der Waals surface area contributed by atoms with Crippen LogP contribution in [0.4, 0.5) is 4.39 Å². The fraction of sp³-hybridized carbons (Fsp3) is 0.208. The Morgan fingerprint density at radius 3 is 2.28 bits per heavy atom. The normalized spacial score (nSPS) is 12.4. The van der Waals surface area contributed by atoms with Crippen molar-refractivity contribution < 1.29 is 22.3 Å². The lowest BCUT2D eigenvalue weighted by Crippen LogP contribution is -2.41. The molecule has 0 unspecified atom stereocenters. The molecular formula is C24H25FN2O4S. The number of sulfonamides is 1. The average molecular weight is 457 g/mol. The van der Waals surface area contributed by atoms with E-state index in [-0.39, 0.29) is 11.4 Å². The predicted octanol–water partition coefficient (Wildman–Crippen LogP) is 3.90. The molecule has 0 aliphatic rings. The molecule has 6 nitrogen and oxygen atoms in total. The van der Waals surface area contributed by atoms with Gasteiger partial charge in [-0.3, -0.25) is 4.79 Å². The molecule has 0 fully saturated rings. The summed E-state index contributed by atoms with van der Waals surface area (Å²) in [6, 6.07) is 20.4. The van der Waals surface area contributed by atoms with Crippen LogP contribution in [0, 0.1) is 5.82 Å². The van der Waals surface area contributed by atoms with E-state index >= 15 is 0 Å². The molecule has 1 N–H and O–H groups in total. The van der Waals surface area contributed by atoms with Crippen LogP contribution in [-0.2, 0) is 21.4 Å². The minimum absolute atomic E-state index is 0.00297. The number of ether oxygens (including phenoxy) is 1. The van der Waals surface area contributed by atoms with Crippen LogP contribution in [0.1, 0.15) is 24.1 Å². The molecule has 0 bridgehead atoms. The first-order chi connectivity index (χ1) is 15.3. The largest absolute Gasteiger partial charge is 0.496 e. The van der Waals surface area contributed by atoms with Crippen LogP contribution in [-0.4, -0.2) is 32.3 Å². The summed E-state index contributed by atoms with van der Waals surface area (Å²) in [6.07, 6.45) is 0. The second-order valence-electron chi connectivity index (χ2n) is 7.24. The maximum Gasteiger partial charge on any atom is 0.243 e. The second kappa shape index (κ2) is 10.4. The van der Waals surface area contributed by atoms with E-state index < -0.39 is 34.3 Å². The van der Waals surface area contributed by atoms with Gasteiger partial charge < -0.3 is 10.1 Å². The summed E-state index contributed by atoms with van der Waals surface area (Å²) >= 11 is 0. The molecule has 3 rings (SSSR count). The van der Waals surface area contributed by atoms with Gasteiger partial charge in [0.15, 0.2) is 0 Å². The molecule has 0 spiro atoms. The summed E-state index contributed by atoms with van der Waals surface area (Å²) in [4.78, 5) is 12.8. The van der Waals surface area contributed by atoms with Crippen molar-refractivity contribution in [1.82, 2.24) is 9.62 Å². The van der Waals surface area contributed by atoms with Crippen molar-refractivity contribution in [1.29, 1.82) is 0 Å². The van der Waals surface area contributed by atoms with E-state index in [0.29, 0.717) is 5.75 Å². The van der Waals surface area contributed by atoms with E-state index in [4.69, 9.17) is 4.74 Å². The third-order valence-corrected chi connectivity index (χ3v) is 6.76.